The van der Waals surface area contributed by atoms with Crippen molar-refractivity contribution in [2.45, 2.75) is 19.4 Å². The third-order valence-corrected chi connectivity index (χ3v) is 2.82. The Morgan fingerprint density at radius 1 is 1.53 bits per heavy atom. The Morgan fingerprint density at radius 3 is 2.65 bits per heavy atom. The summed E-state index contributed by atoms with van der Waals surface area (Å²) in [6, 6.07) is 5.11. The van der Waals surface area contributed by atoms with Crippen LogP contribution < -0.4 is 10.1 Å². The van der Waals surface area contributed by atoms with E-state index in [-0.39, 0.29) is 5.91 Å². The van der Waals surface area contributed by atoms with Gasteiger partial charge in [-0.25, -0.2) is 0 Å². The molecule has 0 bridgehead atoms. The first-order chi connectivity index (χ1) is 7.89. The fraction of sp³-hybridized carbons (Fsp3) is 0.308. The summed E-state index contributed by atoms with van der Waals surface area (Å²) in [5.74, 6) is 2.98. The van der Waals surface area contributed by atoms with Gasteiger partial charge in [-0.05, 0) is 48.0 Å². The van der Waals surface area contributed by atoms with E-state index in [0.717, 1.165) is 4.47 Å². The van der Waals surface area contributed by atoms with Gasteiger partial charge in [-0.1, -0.05) is 5.92 Å². The van der Waals surface area contributed by atoms with Crippen LogP contribution in [0.25, 0.3) is 0 Å². The Morgan fingerprint density at radius 2 is 2.18 bits per heavy atom. The standard InChI is InChI=1S/C13H14BrNO2/c1-5-13(2,3)15-12(16)9-6-7-11(17-4)10(14)8-9/h1,6-8H,2-4H3,(H,15,16). The Bertz CT molecular complexity index is 475. The molecule has 0 aliphatic rings. The van der Waals surface area contributed by atoms with Crippen LogP contribution >= 0.6 is 15.9 Å². The molecule has 90 valence electrons. The lowest BCUT2D eigenvalue weighted by atomic mass is 10.1. The molecular formula is C13H14BrNO2. The van der Waals surface area contributed by atoms with Gasteiger partial charge < -0.3 is 10.1 Å². The van der Waals surface area contributed by atoms with Gasteiger partial charge in [0.1, 0.15) is 5.75 Å². The van der Waals surface area contributed by atoms with Crippen LogP contribution in [0.2, 0.25) is 0 Å². The van der Waals surface area contributed by atoms with Crippen molar-refractivity contribution in [3.8, 4) is 18.1 Å². The number of nitrogens with one attached hydrogen (secondary N) is 1. The van der Waals surface area contributed by atoms with Gasteiger partial charge in [0, 0.05) is 5.56 Å². The lowest BCUT2D eigenvalue weighted by molar-refractivity contribution is 0.0930. The van der Waals surface area contributed by atoms with Crippen molar-refractivity contribution >= 4 is 21.8 Å². The number of carbonyl (C=O) groups excluding carboxylic acids is 1. The number of carbonyl (C=O) groups is 1. The minimum absolute atomic E-state index is 0.212. The topological polar surface area (TPSA) is 38.3 Å². The van der Waals surface area contributed by atoms with Crippen molar-refractivity contribution in [1.29, 1.82) is 0 Å². The Balaban J connectivity index is 2.92. The highest BCUT2D eigenvalue weighted by molar-refractivity contribution is 9.10. The molecule has 0 spiro atoms. The third kappa shape index (κ3) is 3.50. The molecule has 1 rings (SSSR count). The molecule has 0 unspecified atom stereocenters. The SMILES string of the molecule is C#CC(C)(C)NC(=O)c1ccc(OC)c(Br)c1. The maximum atomic E-state index is 11.9. The quantitative estimate of drug-likeness (QED) is 0.871. The predicted octanol–water partition coefficient (Wildman–Crippen LogP) is 2.60. The number of ether oxygens (including phenoxy) is 1. The normalized spacial score (nSPS) is 10.5. The third-order valence-electron chi connectivity index (χ3n) is 2.20. The van der Waals surface area contributed by atoms with Crippen molar-refractivity contribution in [3.05, 3.63) is 28.2 Å². The highest BCUT2D eigenvalue weighted by atomic mass is 79.9. The van der Waals surface area contributed by atoms with E-state index in [9.17, 15) is 4.79 Å². The molecule has 1 aromatic carbocycles. The summed E-state index contributed by atoms with van der Waals surface area (Å²) < 4.78 is 5.82. The molecule has 0 aliphatic heterocycles. The highest BCUT2D eigenvalue weighted by Crippen LogP contribution is 2.25. The molecule has 1 aromatic rings. The number of rotatable bonds is 3. The van der Waals surface area contributed by atoms with E-state index in [1.54, 1.807) is 39.2 Å². The number of halogens is 1. The van der Waals surface area contributed by atoms with E-state index < -0.39 is 5.54 Å². The molecule has 1 amide bonds. The largest absolute Gasteiger partial charge is 0.496 e. The zero-order chi connectivity index (χ0) is 13.1. The molecule has 0 atom stereocenters. The fourth-order valence-electron chi connectivity index (χ4n) is 1.20. The summed E-state index contributed by atoms with van der Waals surface area (Å²) in [6.45, 7) is 3.53. The molecule has 4 heteroatoms. The van der Waals surface area contributed by atoms with Crippen molar-refractivity contribution < 1.29 is 9.53 Å². The molecule has 3 nitrogen and oxygen atoms in total. The summed E-state index contributed by atoms with van der Waals surface area (Å²) in [4.78, 5) is 11.9. The van der Waals surface area contributed by atoms with Crippen molar-refractivity contribution in [2.75, 3.05) is 7.11 Å². The molecule has 0 saturated carbocycles. The zero-order valence-electron chi connectivity index (χ0n) is 10.0. The maximum Gasteiger partial charge on any atom is 0.252 e. The number of amides is 1. The first-order valence-electron chi connectivity index (χ1n) is 5.03. The van der Waals surface area contributed by atoms with Crippen LogP contribution in [0.5, 0.6) is 5.75 Å². The van der Waals surface area contributed by atoms with Crippen LogP contribution in [0.4, 0.5) is 0 Å². The summed E-state index contributed by atoms with van der Waals surface area (Å²) >= 11 is 3.33. The Labute approximate surface area is 110 Å². The molecule has 0 heterocycles. The fourth-order valence-corrected chi connectivity index (χ4v) is 1.74. The minimum atomic E-state index is -0.663. The summed E-state index contributed by atoms with van der Waals surface area (Å²) in [5, 5.41) is 2.75. The van der Waals surface area contributed by atoms with Gasteiger partial charge in [-0.3, -0.25) is 4.79 Å². The number of methoxy groups -OCH3 is 1. The molecule has 1 N–H and O–H groups in total. The average molecular weight is 296 g/mol. The van der Waals surface area contributed by atoms with Gasteiger partial charge in [0.25, 0.3) is 5.91 Å². The van der Waals surface area contributed by atoms with E-state index in [4.69, 9.17) is 11.2 Å². The van der Waals surface area contributed by atoms with Crippen molar-refractivity contribution in [3.63, 3.8) is 0 Å². The van der Waals surface area contributed by atoms with E-state index in [1.165, 1.54) is 0 Å². The highest BCUT2D eigenvalue weighted by Gasteiger charge is 2.18. The summed E-state index contributed by atoms with van der Waals surface area (Å²) in [5.41, 5.74) is -0.135. The molecule has 0 radical (unpaired) electrons. The number of terminal acetylenes is 1. The maximum absolute atomic E-state index is 11.9. The average Bonchev–Trinajstić information content (AvgIpc) is 2.28. The second-order valence-electron chi connectivity index (χ2n) is 4.07. The van der Waals surface area contributed by atoms with Crippen LogP contribution in [0, 0.1) is 12.3 Å². The second-order valence-corrected chi connectivity index (χ2v) is 4.93. The van der Waals surface area contributed by atoms with Crippen LogP contribution in [0.15, 0.2) is 22.7 Å². The van der Waals surface area contributed by atoms with Crippen molar-refractivity contribution in [1.82, 2.24) is 5.32 Å². The van der Waals surface area contributed by atoms with Gasteiger partial charge in [0.05, 0.1) is 17.1 Å². The van der Waals surface area contributed by atoms with Gasteiger partial charge in [-0.15, -0.1) is 6.42 Å². The van der Waals surface area contributed by atoms with Crippen molar-refractivity contribution in [2.24, 2.45) is 0 Å². The van der Waals surface area contributed by atoms with Gasteiger partial charge in [0.2, 0.25) is 0 Å². The van der Waals surface area contributed by atoms with Gasteiger partial charge >= 0.3 is 0 Å². The molecular weight excluding hydrogens is 282 g/mol. The lowest BCUT2D eigenvalue weighted by Gasteiger charge is -2.19. The molecule has 0 saturated heterocycles. The summed E-state index contributed by atoms with van der Waals surface area (Å²) in [6.07, 6.45) is 5.31. The first-order valence-corrected chi connectivity index (χ1v) is 5.83. The van der Waals surface area contributed by atoms with Crippen LogP contribution in [0.1, 0.15) is 24.2 Å². The monoisotopic (exact) mass is 295 g/mol. The lowest BCUT2D eigenvalue weighted by Crippen LogP contribution is -2.42. The van der Waals surface area contributed by atoms with Crippen LogP contribution in [-0.4, -0.2) is 18.6 Å². The van der Waals surface area contributed by atoms with Crippen LogP contribution in [-0.2, 0) is 0 Å². The Kier molecular flexibility index (Phi) is 4.19. The van der Waals surface area contributed by atoms with E-state index >= 15 is 0 Å². The van der Waals surface area contributed by atoms with Gasteiger partial charge in [-0.2, -0.15) is 0 Å². The number of benzene rings is 1. The number of hydrogen-bond donors (Lipinski definition) is 1. The first kappa shape index (κ1) is 13.6. The minimum Gasteiger partial charge on any atom is -0.496 e. The molecule has 0 aromatic heterocycles. The number of hydrogen-bond acceptors (Lipinski definition) is 2. The molecule has 17 heavy (non-hydrogen) atoms. The van der Waals surface area contributed by atoms with E-state index in [2.05, 4.69) is 27.2 Å². The zero-order valence-corrected chi connectivity index (χ0v) is 11.6. The smallest absolute Gasteiger partial charge is 0.252 e. The van der Waals surface area contributed by atoms with E-state index in [1.807, 2.05) is 0 Å². The predicted molar refractivity (Wildman–Crippen MR) is 71.1 cm³/mol. The molecule has 0 aliphatic carbocycles. The van der Waals surface area contributed by atoms with Crippen LogP contribution in [0.3, 0.4) is 0 Å². The Hall–Kier alpha value is -1.47. The second kappa shape index (κ2) is 5.24. The van der Waals surface area contributed by atoms with Gasteiger partial charge in [0.15, 0.2) is 0 Å². The van der Waals surface area contributed by atoms with E-state index in [0.29, 0.717) is 11.3 Å². The molecule has 0 fully saturated rings. The summed E-state index contributed by atoms with van der Waals surface area (Å²) in [7, 11) is 1.57.